The maximum Gasteiger partial charge on any atom is 0.0433 e. The van der Waals surface area contributed by atoms with E-state index in [1.54, 1.807) is 0 Å². The van der Waals surface area contributed by atoms with Crippen molar-refractivity contribution < 1.29 is 10.2 Å². The van der Waals surface area contributed by atoms with Crippen molar-refractivity contribution in [3.8, 4) is 0 Å². The lowest BCUT2D eigenvalue weighted by Crippen LogP contribution is -2.16. The average Bonchev–Trinajstić information content (AvgIpc) is 2.48. The molecule has 0 aliphatic carbocycles. The van der Waals surface area contributed by atoms with Gasteiger partial charge in [0.1, 0.15) is 0 Å². The van der Waals surface area contributed by atoms with Gasteiger partial charge < -0.3 is 10.2 Å². The Labute approximate surface area is 146 Å². The lowest BCUT2D eigenvalue weighted by molar-refractivity contribution is 0.204. The molecule has 0 heterocycles. The van der Waals surface area contributed by atoms with E-state index in [0.717, 1.165) is 12.8 Å². The SMILES string of the molecule is CC(CCO)CC(C)(C)CCCCCCCCCCCCCO. The lowest BCUT2D eigenvalue weighted by atomic mass is 9.78. The van der Waals surface area contributed by atoms with Crippen molar-refractivity contribution in [2.45, 2.75) is 111 Å². The molecule has 0 aromatic carbocycles. The van der Waals surface area contributed by atoms with Gasteiger partial charge in [-0.15, -0.1) is 0 Å². The van der Waals surface area contributed by atoms with Gasteiger partial charge in [0.25, 0.3) is 0 Å². The Bertz CT molecular complexity index is 238. The zero-order valence-corrected chi connectivity index (χ0v) is 16.3. The Morgan fingerprint density at radius 1 is 0.652 bits per heavy atom. The molecule has 0 aromatic heterocycles. The van der Waals surface area contributed by atoms with Crippen molar-refractivity contribution in [3.05, 3.63) is 0 Å². The zero-order valence-electron chi connectivity index (χ0n) is 16.3. The third-order valence-electron chi connectivity index (χ3n) is 5.03. The summed E-state index contributed by atoms with van der Waals surface area (Å²) in [5.41, 5.74) is 0.434. The van der Waals surface area contributed by atoms with Crippen LogP contribution in [0.4, 0.5) is 0 Å². The maximum absolute atomic E-state index is 9.01. The quantitative estimate of drug-likeness (QED) is 0.317. The number of aliphatic hydroxyl groups excluding tert-OH is 2. The molecule has 140 valence electrons. The minimum absolute atomic E-state index is 0.332. The molecule has 0 saturated heterocycles. The van der Waals surface area contributed by atoms with E-state index in [-0.39, 0.29) is 0 Å². The molecule has 1 unspecified atom stereocenters. The van der Waals surface area contributed by atoms with Gasteiger partial charge in [-0.3, -0.25) is 0 Å². The van der Waals surface area contributed by atoms with Crippen LogP contribution < -0.4 is 0 Å². The first-order valence-corrected chi connectivity index (χ1v) is 10.2. The van der Waals surface area contributed by atoms with Gasteiger partial charge in [-0.25, -0.2) is 0 Å². The van der Waals surface area contributed by atoms with Crippen molar-refractivity contribution in [1.29, 1.82) is 0 Å². The van der Waals surface area contributed by atoms with Gasteiger partial charge in [-0.2, -0.15) is 0 Å². The summed E-state index contributed by atoms with van der Waals surface area (Å²) in [6, 6.07) is 0. The molecule has 0 aliphatic rings. The highest BCUT2D eigenvalue weighted by molar-refractivity contribution is 4.72. The summed E-state index contributed by atoms with van der Waals surface area (Å²) in [6.45, 7) is 7.73. The third-order valence-corrected chi connectivity index (χ3v) is 5.03. The zero-order chi connectivity index (χ0) is 17.4. The molecule has 0 radical (unpaired) electrons. The van der Waals surface area contributed by atoms with Crippen LogP contribution in [0.5, 0.6) is 0 Å². The highest BCUT2D eigenvalue weighted by Gasteiger charge is 2.20. The number of hydrogen-bond donors (Lipinski definition) is 2. The molecule has 23 heavy (non-hydrogen) atoms. The number of aliphatic hydroxyl groups is 2. The van der Waals surface area contributed by atoms with E-state index in [1.165, 1.54) is 77.0 Å². The molecule has 2 N–H and O–H groups in total. The van der Waals surface area contributed by atoms with Crippen molar-refractivity contribution in [3.63, 3.8) is 0 Å². The summed E-state index contributed by atoms with van der Waals surface area (Å²) in [4.78, 5) is 0. The van der Waals surface area contributed by atoms with Crippen molar-refractivity contribution >= 4 is 0 Å². The predicted molar refractivity (Wildman–Crippen MR) is 102 cm³/mol. The normalized spacial score (nSPS) is 13.4. The van der Waals surface area contributed by atoms with E-state index in [9.17, 15) is 0 Å². The molecular weight excluding hydrogens is 284 g/mol. The molecule has 2 nitrogen and oxygen atoms in total. The number of unbranched alkanes of at least 4 members (excludes halogenated alkanes) is 10. The fraction of sp³-hybridized carbons (Fsp3) is 1.00. The Hall–Kier alpha value is -0.0800. The molecule has 0 aromatic rings. The van der Waals surface area contributed by atoms with Crippen molar-refractivity contribution in [1.82, 2.24) is 0 Å². The largest absolute Gasteiger partial charge is 0.396 e. The minimum Gasteiger partial charge on any atom is -0.396 e. The van der Waals surface area contributed by atoms with Crippen LogP contribution in [0.15, 0.2) is 0 Å². The Balaban J connectivity index is 3.34. The summed E-state index contributed by atoms with van der Waals surface area (Å²) in [5.74, 6) is 0.646. The second-order valence-corrected chi connectivity index (χ2v) is 8.35. The van der Waals surface area contributed by atoms with Gasteiger partial charge in [0.15, 0.2) is 0 Å². The first kappa shape index (κ1) is 22.9. The van der Waals surface area contributed by atoms with Crippen LogP contribution >= 0.6 is 0 Å². The fourth-order valence-corrected chi connectivity index (χ4v) is 3.67. The smallest absolute Gasteiger partial charge is 0.0433 e. The first-order valence-electron chi connectivity index (χ1n) is 10.2. The number of hydrogen-bond acceptors (Lipinski definition) is 2. The highest BCUT2D eigenvalue weighted by Crippen LogP contribution is 2.32. The maximum atomic E-state index is 9.01. The van der Waals surface area contributed by atoms with E-state index in [0.29, 0.717) is 24.5 Å². The van der Waals surface area contributed by atoms with Gasteiger partial charge in [-0.05, 0) is 37.0 Å². The van der Waals surface area contributed by atoms with Crippen LogP contribution in [0.1, 0.15) is 111 Å². The van der Waals surface area contributed by atoms with Crippen LogP contribution in [-0.2, 0) is 0 Å². The lowest BCUT2D eigenvalue weighted by Gasteiger charge is -2.28. The molecule has 0 fully saturated rings. The minimum atomic E-state index is 0.332. The van der Waals surface area contributed by atoms with Gasteiger partial charge in [0, 0.05) is 13.2 Å². The second-order valence-electron chi connectivity index (χ2n) is 8.35. The van der Waals surface area contributed by atoms with E-state index in [4.69, 9.17) is 10.2 Å². The molecule has 2 heteroatoms. The third kappa shape index (κ3) is 16.6. The summed E-state index contributed by atoms with van der Waals surface area (Å²) >= 11 is 0. The van der Waals surface area contributed by atoms with Crippen molar-refractivity contribution in [2.24, 2.45) is 11.3 Å². The topological polar surface area (TPSA) is 40.5 Å². The molecule has 0 aliphatic heterocycles. The van der Waals surface area contributed by atoms with E-state index < -0.39 is 0 Å². The first-order chi connectivity index (χ1) is 11.0. The monoisotopic (exact) mass is 328 g/mol. The Kier molecular flexibility index (Phi) is 15.4. The van der Waals surface area contributed by atoms with Crippen LogP contribution in [0, 0.1) is 11.3 Å². The van der Waals surface area contributed by atoms with Gasteiger partial charge >= 0.3 is 0 Å². The van der Waals surface area contributed by atoms with Crippen molar-refractivity contribution in [2.75, 3.05) is 13.2 Å². The molecule has 0 rings (SSSR count). The molecule has 1 atom stereocenters. The van der Waals surface area contributed by atoms with Crippen LogP contribution in [0.2, 0.25) is 0 Å². The van der Waals surface area contributed by atoms with Gasteiger partial charge in [-0.1, -0.05) is 85.0 Å². The van der Waals surface area contributed by atoms with Crippen LogP contribution in [0.3, 0.4) is 0 Å². The number of rotatable bonds is 17. The van der Waals surface area contributed by atoms with Crippen LogP contribution in [0.25, 0.3) is 0 Å². The standard InChI is InChI=1S/C21H44O2/c1-20(15-18-23)19-21(2,3)16-13-11-9-7-5-4-6-8-10-12-14-17-22/h20,22-23H,4-19H2,1-3H3. The molecule has 0 amide bonds. The molecular formula is C21H44O2. The Morgan fingerprint density at radius 2 is 1.09 bits per heavy atom. The van der Waals surface area contributed by atoms with Gasteiger partial charge in [0.2, 0.25) is 0 Å². The summed E-state index contributed by atoms with van der Waals surface area (Å²) in [6.07, 6.45) is 18.0. The second kappa shape index (κ2) is 15.4. The summed E-state index contributed by atoms with van der Waals surface area (Å²) < 4.78 is 0. The van der Waals surface area contributed by atoms with E-state index in [2.05, 4.69) is 20.8 Å². The Morgan fingerprint density at radius 3 is 1.52 bits per heavy atom. The summed E-state index contributed by atoms with van der Waals surface area (Å²) in [5, 5.41) is 17.7. The van der Waals surface area contributed by atoms with Crippen LogP contribution in [-0.4, -0.2) is 23.4 Å². The highest BCUT2D eigenvalue weighted by atomic mass is 16.3. The summed E-state index contributed by atoms with van der Waals surface area (Å²) in [7, 11) is 0. The van der Waals surface area contributed by atoms with Gasteiger partial charge in [0.05, 0.1) is 0 Å². The molecule has 0 saturated carbocycles. The predicted octanol–water partition coefficient (Wildman–Crippen LogP) is 6.09. The molecule has 0 bridgehead atoms. The fourth-order valence-electron chi connectivity index (χ4n) is 3.67. The van der Waals surface area contributed by atoms with E-state index >= 15 is 0 Å². The average molecular weight is 329 g/mol. The van der Waals surface area contributed by atoms with E-state index in [1.807, 2.05) is 0 Å². The molecule has 0 spiro atoms.